The van der Waals surface area contributed by atoms with Crippen LogP contribution in [0, 0.1) is 5.41 Å². The van der Waals surface area contributed by atoms with Crippen LogP contribution in [0.2, 0.25) is 0 Å². The van der Waals surface area contributed by atoms with Crippen molar-refractivity contribution in [3.63, 3.8) is 0 Å². The largest absolute Gasteiger partial charge is 0.497 e. The van der Waals surface area contributed by atoms with Gasteiger partial charge in [0.15, 0.2) is 0 Å². The molecule has 33 heavy (non-hydrogen) atoms. The Morgan fingerprint density at radius 1 is 1.06 bits per heavy atom. The third-order valence-electron chi connectivity index (χ3n) is 6.20. The fraction of sp³-hybridized carbons (Fsp3) is 0.280. The first-order chi connectivity index (χ1) is 15.9. The van der Waals surface area contributed by atoms with E-state index in [0.29, 0.717) is 25.8 Å². The van der Waals surface area contributed by atoms with Crippen molar-refractivity contribution in [2.45, 2.75) is 19.3 Å². The van der Waals surface area contributed by atoms with Gasteiger partial charge in [-0.1, -0.05) is 36.4 Å². The average Bonchev–Trinajstić information content (AvgIpc) is 2.85. The van der Waals surface area contributed by atoms with E-state index in [1.54, 1.807) is 12.0 Å². The Kier molecular flexibility index (Phi) is 6.26. The van der Waals surface area contributed by atoms with Gasteiger partial charge in [0, 0.05) is 19.2 Å². The Bertz CT molecular complexity index is 1180. The monoisotopic (exact) mass is 446 g/mol. The number of nitrogens with two attached hydrogens (primary N) is 1. The van der Waals surface area contributed by atoms with Crippen LogP contribution < -0.4 is 16.0 Å². The van der Waals surface area contributed by atoms with E-state index in [2.05, 4.69) is 10.2 Å². The molecule has 0 aliphatic carbocycles. The lowest BCUT2D eigenvalue weighted by Gasteiger charge is -2.40. The summed E-state index contributed by atoms with van der Waals surface area (Å²) in [5, 5.41) is 6.10. The second-order valence-corrected chi connectivity index (χ2v) is 8.38. The zero-order valence-corrected chi connectivity index (χ0v) is 18.4. The van der Waals surface area contributed by atoms with Crippen LogP contribution in [0.25, 0.3) is 11.1 Å². The molecule has 2 aromatic carbocycles. The number of hydrogen-bond acceptors (Lipinski definition) is 5. The van der Waals surface area contributed by atoms with Gasteiger partial charge in [-0.25, -0.2) is 5.10 Å². The number of benzene rings is 2. The molecule has 0 bridgehead atoms. The summed E-state index contributed by atoms with van der Waals surface area (Å²) in [6.07, 6.45) is 1.70. The molecule has 3 aromatic rings. The molecule has 1 fully saturated rings. The maximum Gasteiger partial charge on any atom is 0.274 e. The fourth-order valence-electron chi connectivity index (χ4n) is 4.35. The molecule has 170 valence electrons. The van der Waals surface area contributed by atoms with Gasteiger partial charge in [0.1, 0.15) is 11.4 Å². The maximum absolute atomic E-state index is 12.9. The number of aromatic amines is 1. The Balaban J connectivity index is 1.52. The van der Waals surface area contributed by atoms with Crippen molar-refractivity contribution >= 4 is 11.8 Å². The minimum absolute atomic E-state index is 0.138. The van der Waals surface area contributed by atoms with E-state index in [9.17, 15) is 14.4 Å². The van der Waals surface area contributed by atoms with E-state index in [-0.39, 0.29) is 23.7 Å². The zero-order chi connectivity index (χ0) is 23.4. The lowest BCUT2D eigenvalue weighted by Crippen LogP contribution is -2.53. The first kappa shape index (κ1) is 22.3. The number of piperidine rings is 1. The summed E-state index contributed by atoms with van der Waals surface area (Å²) in [5.41, 5.74) is 7.86. The van der Waals surface area contributed by atoms with Crippen molar-refractivity contribution in [2.75, 3.05) is 20.2 Å². The number of nitrogens with one attached hydrogen (secondary N) is 1. The van der Waals surface area contributed by atoms with Crippen LogP contribution in [0.4, 0.5) is 0 Å². The molecule has 8 nitrogen and oxygen atoms in total. The highest BCUT2D eigenvalue weighted by atomic mass is 16.5. The van der Waals surface area contributed by atoms with Gasteiger partial charge in [0.2, 0.25) is 5.91 Å². The Labute approximate surface area is 191 Å². The molecule has 1 aliphatic heterocycles. The van der Waals surface area contributed by atoms with E-state index in [0.717, 1.165) is 22.4 Å². The molecule has 3 N–H and O–H groups in total. The summed E-state index contributed by atoms with van der Waals surface area (Å²) in [6.45, 7) is 0.716. The molecule has 2 amide bonds. The van der Waals surface area contributed by atoms with E-state index in [1.165, 1.54) is 12.1 Å². The number of aromatic nitrogens is 2. The smallest absolute Gasteiger partial charge is 0.274 e. The van der Waals surface area contributed by atoms with Crippen LogP contribution in [0.1, 0.15) is 28.9 Å². The Morgan fingerprint density at radius 2 is 1.73 bits per heavy atom. The Morgan fingerprint density at radius 3 is 2.30 bits per heavy atom. The third-order valence-corrected chi connectivity index (χ3v) is 6.20. The molecule has 8 heteroatoms. The molecule has 1 atom stereocenters. The normalized spacial score (nSPS) is 18.0. The van der Waals surface area contributed by atoms with Gasteiger partial charge in [-0.05, 0) is 54.2 Å². The Hall–Kier alpha value is -3.94. The van der Waals surface area contributed by atoms with E-state index in [1.807, 2.05) is 48.5 Å². The van der Waals surface area contributed by atoms with Gasteiger partial charge in [-0.2, -0.15) is 5.10 Å². The highest BCUT2D eigenvalue weighted by molar-refractivity contribution is 5.93. The van der Waals surface area contributed by atoms with Crippen LogP contribution in [0.15, 0.2) is 65.5 Å². The number of methoxy groups -OCH3 is 1. The standard InChI is InChI=1S/C25H26N4O4/c1-33-20-9-7-19(8-10-20)18-5-3-17(4-6-18)15-25(24(26)32)13-2-14-29(16-25)23(31)21-11-12-22(30)28-27-21/h3-12H,2,13-16H2,1H3,(H2,26,32)(H,28,30). The van der Waals surface area contributed by atoms with Gasteiger partial charge in [0.25, 0.3) is 11.5 Å². The number of likely N-dealkylation sites (tertiary alicyclic amines) is 1. The van der Waals surface area contributed by atoms with Gasteiger partial charge in [-0.3, -0.25) is 14.4 Å². The predicted molar refractivity (Wildman–Crippen MR) is 124 cm³/mol. The number of ether oxygens (including phenoxy) is 1. The first-order valence-corrected chi connectivity index (χ1v) is 10.8. The lowest BCUT2D eigenvalue weighted by molar-refractivity contribution is -0.130. The molecule has 1 aromatic heterocycles. The molecular formula is C25H26N4O4. The summed E-state index contributed by atoms with van der Waals surface area (Å²) < 4.78 is 5.21. The topological polar surface area (TPSA) is 118 Å². The van der Waals surface area contributed by atoms with Crippen molar-refractivity contribution in [2.24, 2.45) is 11.1 Å². The van der Waals surface area contributed by atoms with Gasteiger partial charge in [-0.15, -0.1) is 0 Å². The molecule has 0 saturated carbocycles. The molecule has 2 heterocycles. The lowest BCUT2D eigenvalue weighted by atomic mass is 9.74. The van der Waals surface area contributed by atoms with Crippen molar-refractivity contribution in [1.82, 2.24) is 15.1 Å². The van der Waals surface area contributed by atoms with Gasteiger partial charge < -0.3 is 15.4 Å². The summed E-state index contributed by atoms with van der Waals surface area (Å²) in [7, 11) is 1.63. The van der Waals surface area contributed by atoms with E-state index < -0.39 is 11.3 Å². The number of carbonyl (C=O) groups excluding carboxylic acids is 2. The second-order valence-electron chi connectivity index (χ2n) is 8.38. The molecule has 1 aliphatic rings. The minimum atomic E-state index is -0.863. The van der Waals surface area contributed by atoms with Crippen LogP contribution >= 0.6 is 0 Å². The number of hydrogen-bond donors (Lipinski definition) is 2. The van der Waals surface area contributed by atoms with Crippen molar-refractivity contribution < 1.29 is 14.3 Å². The van der Waals surface area contributed by atoms with Crippen molar-refractivity contribution in [3.05, 3.63) is 82.3 Å². The molecule has 1 unspecified atom stereocenters. The molecular weight excluding hydrogens is 420 g/mol. The summed E-state index contributed by atoms with van der Waals surface area (Å²) in [5.74, 6) is 0.0484. The number of rotatable bonds is 6. The SMILES string of the molecule is COc1ccc(-c2ccc(CC3(C(N)=O)CCCN(C(=O)c4ccc(=O)[nH]n4)C3)cc2)cc1. The third kappa shape index (κ3) is 4.79. The minimum Gasteiger partial charge on any atom is -0.497 e. The van der Waals surface area contributed by atoms with Crippen LogP contribution in [-0.2, 0) is 11.2 Å². The van der Waals surface area contributed by atoms with E-state index in [4.69, 9.17) is 10.5 Å². The van der Waals surface area contributed by atoms with Crippen molar-refractivity contribution in [3.8, 4) is 16.9 Å². The molecule has 0 spiro atoms. The van der Waals surface area contributed by atoms with Gasteiger partial charge >= 0.3 is 0 Å². The molecule has 0 radical (unpaired) electrons. The second kappa shape index (κ2) is 9.28. The summed E-state index contributed by atoms with van der Waals surface area (Å²) in [4.78, 5) is 38.3. The number of carbonyl (C=O) groups is 2. The van der Waals surface area contributed by atoms with Crippen LogP contribution in [-0.4, -0.2) is 47.1 Å². The highest BCUT2D eigenvalue weighted by Gasteiger charge is 2.42. The maximum atomic E-state index is 12.9. The van der Waals surface area contributed by atoms with Crippen LogP contribution in [0.3, 0.4) is 0 Å². The fourth-order valence-corrected chi connectivity index (χ4v) is 4.35. The molecule has 4 rings (SSSR count). The van der Waals surface area contributed by atoms with Crippen molar-refractivity contribution in [1.29, 1.82) is 0 Å². The number of amides is 2. The van der Waals surface area contributed by atoms with Crippen LogP contribution in [0.5, 0.6) is 5.75 Å². The zero-order valence-electron chi connectivity index (χ0n) is 18.4. The highest BCUT2D eigenvalue weighted by Crippen LogP contribution is 2.35. The average molecular weight is 447 g/mol. The van der Waals surface area contributed by atoms with Gasteiger partial charge in [0.05, 0.1) is 12.5 Å². The molecule has 1 saturated heterocycles. The van der Waals surface area contributed by atoms with E-state index >= 15 is 0 Å². The first-order valence-electron chi connectivity index (χ1n) is 10.8. The number of nitrogens with zero attached hydrogens (tertiary/aromatic N) is 2. The summed E-state index contributed by atoms with van der Waals surface area (Å²) in [6, 6.07) is 18.5. The quantitative estimate of drug-likeness (QED) is 0.603. The predicted octanol–water partition coefficient (Wildman–Crippen LogP) is 2.40. The number of primary amides is 1. The number of H-pyrrole nitrogens is 1. The summed E-state index contributed by atoms with van der Waals surface area (Å²) >= 11 is 0.